The molecule has 0 radical (unpaired) electrons. The number of ether oxygens (including phenoxy) is 2. The number of hydrogen-bond donors (Lipinski definition) is 1. The van der Waals surface area contributed by atoms with Crippen LogP contribution in [-0.2, 0) is 11.3 Å². The highest BCUT2D eigenvalue weighted by molar-refractivity contribution is 5.17. The van der Waals surface area contributed by atoms with Crippen molar-refractivity contribution in [3.05, 3.63) is 28.3 Å². The van der Waals surface area contributed by atoms with Crippen LogP contribution in [0.1, 0.15) is 18.6 Å². The van der Waals surface area contributed by atoms with Gasteiger partial charge in [-0.15, -0.1) is 0 Å². The Kier molecular flexibility index (Phi) is 3.58. The third-order valence-corrected chi connectivity index (χ3v) is 2.36. The predicted molar refractivity (Wildman–Crippen MR) is 55.1 cm³/mol. The van der Waals surface area contributed by atoms with Gasteiger partial charge in [-0.25, -0.2) is 0 Å². The highest BCUT2D eigenvalue weighted by Crippen LogP contribution is 2.28. The van der Waals surface area contributed by atoms with E-state index in [4.69, 9.17) is 19.0 Å². The molecule has 2 rings (SSSR count). The highest BCUT2D eigenvalue weighted by Gasteiger charge is 2.21. The summed E-state index contributed by atoms with van der Waals surface area (Å²) >= 11 is 0. The van der Waals surface area contributed by atoms with Crippen molar-refractivity contribution in [3.8, 4) is 5.75 Å². The van der Waals surface area contributed by atoms with Gasteiger partial charge in [0.2, 0.25) is 11.2 Å². The summed E-state index contributed by atoms with van der Waals surface area (Å²) in [5, 5.41) is 8.74. The van der Waals surface area contributed by atoms with Crippen LogP contribution in [0.3, 0.4) is 0 Å². The molecule has 1 N–H and O–H groups in total. The Labute approximate surface area is 92.6 Å². The standard InChI is InChI=1S/C11H14O5/c12-4-9-3-10(13)11(6-15-9)16-7-14-5-8-1-2-8/h3,6,8,12H,1-2,4-5,7H2. The molecule has 1 aromatic rings. The minimum Gasteiger partial charge on any atom is -0.463 e. The van der Waals surface area contributed by atoms with Gasteiger partial charge < -0.3 is 19.0 Å². The first kappa shape index (κ1) is 11.2. The monoisotopic (exact) mass is 226 g/mol. The molecule has 88 valence electrons. The maximum Gasteiger partial charge on any atom is 0.227 e. The Morgan fingerprint density at radius 2 is 2.31 bits per heavy atom. The minimum atomic E-state index is -0.315. The van der Waals surface area contributed by atoms with Crippen LogP contribution in [0.2, 0.25) is 0 Å². The first-order valence-corrected chi connectivity index (χ1v) is 5.22. The van der Waals surface area contributed by atoms with Crippen LogP contribution >= 0.6 is 0 Å². The summed E-state index contributed by atoms with van der Waals surface area (Å²) < 4.78 is 15.3. The first-order chi connectivity index (χ1) is 7.79. The van der Waals surface area contributed by atoms with Crippen molar-refractivity contribution < 1.29 is 19.0 Å². The molecular formula is C11H14O5. The van der Waals surface area contributed by atoms with Crippen molar-refractivity contribution in [1.29, 1.82) is 0 Å². The summed E-state index contributed by atoms with van der Waals surface area (Å²) in [6, 6.07) is 1.20. The van der Waals surface area contributed by atoms with E-state index >= 15 is 0 Å². The molecule has 0 atom stereocenters. The molecule has 1 aromatic heterocycles. The Bertz CT molecular complexity index is 394. The van der Waals surface area contributed by atoms with Gasteiger partial charge in [0.1, 0.15) is 18.6 Å². The minimum absolute atomic E-state index is 0.0553. The fourth-order valence-corrected chi connectivity index (χ4v) is 1.23. The summed E-state index contributed by atoms with van der Waals surface area (Å²) in [6.45, 7) is 0.438. The van der Waals surface area contributed by atoms with Gasteiger partial charge in [0.15, 0.2) is 6.79 Å². The summed E-state index contributed by atoms with van der Waals surface area (Å²) in [6.07, 6.45) is 3.62. The maximum absolute atomic E-state index is 11.4. The average Bonchev–Trinajstić information content (AvgIpc) is 3.10. The van der Waals surface area contributed by atoms with E-state index in [1.165, 1.54) is 25.2 Å². The van der Waals surface area contributed by atoms with Crippen LogP contribution in [0.25, 0.3) is 0 Å². The second-order valence-corrected chi connectivity index (χ2v) is 3.81. The van der Waals surface area contributed by atoms with Gasteiger partial charge in [-0.2, -0.15) is 0 Å². The van der Waals surface area contributed by atoms with Crippen LogP contribution < -0.4 is 10.2 Å². The van der Waals surface area contributed by atoms with Gasteiger partial charge in [-0.3, -0.25) is 4.79 Å². The van der Waals surface area contributed by atoms with Crippen molar-refractivity contribution in [2.24, 2.45) is 5.92 Å². The SMILES string of the molecule is O=c1cc(CO)occ1OCOCC1CC1. The zero-order chi connectivity index (χ0) is 11.4. The van der Waals surface area contributed by atoms with E-state index in [1.807, 2.05) is 0 Å². The molecule has 0 spiro atoms. The molecule has 0 amide bonds. The third kappa shape index (κ3) is 3.08. The summed E-state index contributed by atoms with van der Waals surface area (Å²) in [5.41, 5.74) is -0.315. The quantitative estimate of drug-likeness (QED) is 0.576. The second kappa shape index (κ2) is 5.14. The van der Waals surface area contributed by atoms with Crippen molar-refractivity contribution in [2.75, 3.05) is 13.4 Å². The lowest BCUT2D eigenvalue weighted by Gasteiger charge is -2.05. The molecule has 5 nitrogen and oxygen atoms in total. The number of aliphatic hydroxyl groups is 1. The van der Waals surface area contributed by atoms with Crippen LogP contribution in [0.5, 0.6) is 5.75 Å². The predicted octanol–water partition coefficient (Wildman–Crippen LogP) is 0.895. The zero-order valence-electron chi connectivity index (χ0n) is 8.85. The number of rotatable bonds is 6. The maximum atomic E-state index is 11.4. The topological polar surface area (TPSA) is 68.9 Å². The van der Waals surface area contributed by atoms with E-state index in [9.17, 15) is 4.79 Å². The Morgan fingerprint density at radius 1 is 1.50 bits per heavy atom. The van der Waals surface area contributed by atoms with Crippen molar-refractivity contribution >= 4 is 0 Å². The molecule has 0 saturated heterocycles. The molecular weight excluding hydrogens is 212 g/mol. The van der Waals surface area contributed by atoms with E-state index in [-0.39, 0.29) is 30.3 Å². The summed E-state index contributed by atoms with van der Waals surface area (Å²) in [7, 11) is 0. The highest BCUT2D eigenvalue weighted by atomic mass is 16.7. The molecule has 1 aliphatic rings. The molecule has 0 unspecified atom stereocenters. The van der Waals surface area contributed by atoms with Gasteiger partial charge in [0, 0.05) is 6.07 Å². The molecule has 16 heavy (non-hydrogen) atoms. The van der Waals surface area contributed by atoms with Crippen LogP contribution in [0.15, 0.2) is 21.5 Å². The van der Waals surface area contributed by atoms with Gasteiger partial charge in [0.25, 0.3) is 0 Å². The van der Waals surface area contributed by atoms with Gasteiger partial charge in [-0.05, 0) is 18.8 Å². The van der Waals surface area contributed by atoms with E-state index in [2.05, 4.69) is 0 Å². The molecule has 1 fully saturated rings. The molecule has 1 saturated carbocycles. The van der Waals surface area contributed by atoms with E-state index in [1.54, 1.807) is 0 Å². The zero-order valence-corrected chi connectivity index (χ0v) is 8.85. The fraction of sp³-hybridized carbons (Fsp3) is 0.545. The van der Waals surface area contributed by atoms with Gasteiger partial charge in [-0.1, -0.05) is 0 Å². The van der Waals surface area contributed by atoms with Crippen molar-refractivity contribution in [1.82, 2.24) is 0 Å². The molecule has 0 aliphatic heterocycles. The molecule has 0 bridgehead atoms. The number of hydrogen-bond acceptors (Lipinski definition) is 5. The van der Waals surface area contributed by atoms with Crippen molar-refractivity contribution in [2.45, 2.75) is 19.4 Å². The lowest BCUT2D eigenvalue weighted by molar-refractivity contribution is 0.00812. The van der Waals surface area contributed by atoms with Gasteiger partial charge in [0.05, 0.1) is 6.61 Å². The second-order valence-electron chi connectivity index (χ2n) is 3.81. The van der Waals surface area contributed by atoms with Crippen LogP contribution in [-0.4, -0.2) is 18.5 Å². The normalized spacial score (nSPS) is 15.1. The molecule has 5 heteroatoms. The first-order valence-electron chi connectivity index (χ1n) is 5.22. The molecule has 1 heterocycles. The third-order valence-electron chi connectivity index (χ3n) is 2.36. The van der Waals surface area contributed by atoms with Gasteiger partial charge >= 0.3 is 0 Å². The van der Waals surface area contributed by atoms with E-state index in [0.717, 1.165) is 0 Å². The lowest BCUT2D eigenvalue weighted by Crippen LogP contribution is -2.11. The molecule has 0 aromatic carbocycles. The van der Waals surface area contributed by atoms with Crippen LogP contribution in [0, 0.1) is 5.92 Å². The Morgan fingerprint density at radius 3 is 2.94 bits per heavy atom. The lowest BCUT2D eigenvalue weighted by atomic mass is 10.4. The molecule has 1 aliphatic carbocycles. The number of aliphatic hydroxyl groups excluding tert-OH is 1. The largest absolute Gasteiger partial charge is 0.463 e. The average molecular weight is 226 g/mol. The van der Waals surface area contributed by atoms with E-state index < -0.39 is 0 Å². The Hall–Kier alpha value is -1.33. The summed E-state index contributed by atoms with van der Waals surface area (Å²) in [5.74, 6) is 0.987. The smallest absolute Gasteiger partial charge is 0.227 e. The summed E-state index contributed by atoms with van der Waals surface area (Å²) in [4.78, 5) is 11.4. The Balaban J connectivity index is 1.81. The van der Waals surface area contributed by atoms with E-state index in [0.29, 0.717) is 12.5 Å². The fourth-order valence-electron chi connectivity index (χ4n) is 1.23. The van der Waals surface area contributed by atoms with Crippen LogP contribution in [0.4, 0.5) is 0 Å². The van der Waals surface area contributed by atoms with Crippen molar-refractivity contribution in [3.63, 3.8) is 0 Å².